The van der Waals surface area contributed by atoms with Gasteiger partial charge in [-0.1, -0.05) is 29.3 Å². The van der Waals surface area contributed by atoms with Gasteiger partial charge in [-0.15, -0.1) is 0 Å². The molecule has 36 heavy (non-hydrogen) atoms. The van der Waals surface area contributed by atoms with E-state index < -0.39 is 60.8 Å². The van der Waals surface area contributed by atoms with Crippen LogP contribution in [0, 0.1) is 5.82 Å². The largest absolute Gasteiger partial charge is 0.496 e. The van der Waals surface area contributed by atoms with Crippen molar-refractivity contribution in [3.05, 3.63) is 86.9 Å². The van der Waals surface area contributed by atoms with Crippen LogP contribution in [-0.4, -0.2) is 33.4 Å². The number of hydrogen-bond acceptors (Lipinski definition) is 6. The normalized spacial score (nSPS) is 12.9. The zero-order valence-corrected chi connectivity index (χ0v) is 20.7. The first-order valence-electron chi connectivity index (χ1n) is 9.74. The highest BCUT2D eigenvalue weighted by Crippen LogP contribution is 2.36. The lowest BCUT2D eigenvalue weighted by Crippen LogP contribution is -2.31. The van der Waals surface area contributed by atoms with Crippen LogP contribution in [0.3, 0.4) is 0 Å². The first-order valence-corrected chi connectivity index (χ1v) is 12.0. The lowest BCUT2D eigenvalue weighted by Gasteiger charge is -2.21. The fourth-order valence-corrected chi connectivity index (χ4v) is 4.75. The Morgan fingerprint density at radius 1 is 1.11 bits per heavy atom. The van der Waals surface area contributed by atoms with Gasteiger partial charge in [0.25, 0.3) is 0 Å². The highest BCUT2D eigenvalue weighted by molar-refractivity contribution is 7.89. The lowest BCUT2D eigenvalue weighted by atomic mass is 10.0. The van der Waals surface area contributed by atoms with Crippen molar-refractivity contribution in [1.82, 2.24) is 9.71 Å². The predicted octanol–water partition coefficient (Wildman–Crippen LogP) is 5.41. The molecule has 3 rings (SSSR count). The van der Waals surface area contributed by atoms with Crippen LogP contribution in [0.1, 0.15) is 33.4 Å². The van der Waals surface area contributed by atoms with Gasteiger partial charge in [0.05, 0.1) is 27.6 Å². The number of alkyl halides is 3. The summed E-state index contributed by atoms with van der Waals surface area (Å²) < 4.78 is 92.3. The molecule has 0 bridgehead atoms. The molecule has 0 aliphatic heterocycles. The summed E-state index contributed by atoms with van der Waals surface area (Å²) in [5.41, 5.74) is -2.52. The van der Waals surface area contributed by atoms with E-state index in [0.29, 0.717) is 6.07 Å². The van der Waals surface area contributed by atoms with Gasteiger partial charge in [-0.05, 0) is 36.4 Å². The minimum Gasteiger partial charge on any atom is -0.496 e. The average Bonchev–Trinajstić information content (AvgIpc) is 2.81. The maximum absolute atomic E-state index is 14.5. The number of nitrogens with zero attached hydrogens (tertiary/aromatic N) is 1. The molecule has 1 aromatic heterocycles. The van der Waals surface area contributed by atoms with Gasteiger partial charge in [-0.3, -0.25) is 9.78 Å². The van der Waals surface area contributed by atoms with Crippen LogP contribution in [0.4, 0.5) is 17.6 Å². The van der Waals surface area contributed by atoms with E-state index in [9.17, 15) is 30.8 Å². The molecule has 2 aromatic carbocycles. The summed E-state index contributed by atoms with van der Waals surface area (Å²) in [6, 6.07) is 6.80. The number of aromatic nitrogens is 1. The fourth-order valence-electron chi connectivity index (χ4n) is 3.19. The molecule has 0 aliphatic carbocycles. The number of carbonyl (C=O) groups is 1. The third kappa shape index (κ3) is 5.79. The number of pyridine rings is 1. The minimum atomic E-state index is -4.92. The second-order valence-electron chi connectivity index (χ2n) is 7.11. The quantitative estimate of drug-likeness (QED) is 0.222. The first kappa shape index (κ1) is 27.8. The summed E-state index contributed by atoms with van der Waals surface area (Å²) in [6.07, 6.45) is -5.51. The van der Waals surface area contributed by atoms with Gasteiger partial charge in [0, 0.05) is 18.9 Å². The molecule has 3 aromatic rings. The topological polar surface area (TPSA) is 94.6 Å². The number of sulfonamides is 1. The Morgan fingerprint density at radius 2 is 1.81 bits per heavy atom. The number of rotatable bonds is 8. The SMILES string of the molecule is COc1cccc(F)c1C(=O)c1ncc(Cl)cc1C(NS(=O)(=O)c1ccc(Cl)c(C(F)(F)F)c1)OC. The molecule has 7 nitrogen and oxygen atoms in total. The van der Waals surface area contributed by atoms with Crippen molar-refractivity contribution < 1.29 is 40.2 Å². The van der Waals surface area contributed by atoms with Crippen LogP contribution >= 0.6 is 23.2 Å². The summed E-state index contributed by atoms with van der Waals surface area (Å²) in [5.74, 6) is -2.03. The Balaban J connectivity index is 2.08. The van der Waals surface area contributed by atoms with Gasteiger partial charge in [0.2, 0.25) is 15.8 Å². The maximum atomic E-state index is 14.5. The zero-order chi connectivity index (χ0) is 26.8. The monoisotopic (exact) mass is 566 g/mol. The number of nitrogens with one attached hydrogen (secondary N) is 1. The number of halogens is 6. The van der Waals surface area contributed by atoms with Gasteiger partial charge in [-0.25, -0.2) is 12.8 Å². The van der Waals surface area contributed by atoms with E-state index in [1.54, 1.807) is 0 Å². The third-order valence-corrected chi connectivity index (χ3v) is 6.79. The van der Waals surface area contributed by atoms with Gasteiger partial charge in [0.1, 0.15) is 29.1 Å². The van der Waals surface area contributed by atoms with Crippen LogP contribution in [0.2, 0.25) is 10.0 Å². The molecule has 1 N–H and O–H groups in total. The van der Waals surface area contributed by atoms with Crippen molar-refractivity contribution in [2.24, 2.45) is 0 Å². The third-order valence-electron chi connectivity index (χ3n) is 4.86. The van der Waals surface area contributed by atoms with E-state index in [1.807, 2.05) is 0 Å². The molecule has 0 amide bonds. The zero-order valence-electron chi connectivity index (χ0n) is 18.4. The predicted molar refractivity (Wildman–Crippen MR) is 122 cm³/mol. The molecule has 0 saturated heterocycles. The van der Waals surface area contributed by atoms with E-state index in [1.165, 1.54) is 19.2 Å². The van der Waals surface area contributed by atoms with Crippen molar-refractivity contribution in [3.63, 3.8) is 0 Å². The van der Waals surface area contributed by atoms with Crippen molar-refractivity contribution in [1.29, 1.82) is 0 Å². The number of hydrogen-bond donors (Lipinski definition) is 1. The summed E-state index contributed by atoms with van der Waals surface area (Å²) >= 11 is 11.6. The average molecular weight is 567 g/mol. The van der Waals surface area contributed by atoms with Crippen LogP contribution in [0.25, 0.3) is 0 Å². The molecule has 0 spiro atoms. The molecular formula is C22H16Cl2F4N2O5S. The summed E-state index contributed by atoms with van der Waals surface area (Å²) in [7, 11) is -2.39. The molecule has 14 heteroatoms. The Bertz CT molecular complexity index is 1420. The number of ketones is 1. The minimum absolute atomic E-state index is 0.0332. The molecule has 1 heterocycles. The maximum Gasteiger partial charge on any atom is 0.417 e. The van der Waals surface area contributed by atoms with Gasteiger partial charge < -0.3 is 9.47 Å². The number of ether oxygens (including phenoxy) is 2. The van der Waals surface area contributed by atoms with Crippen LogP contribution in [-0.2, 0) is 20.9 Å². The summed E-state index contributed by atoms with van der Waals surface area (Å²) in [6.45, 7) is 0. The van der Waals surface area contributed by atoms with Crippen LogP contribution < -0.4 is 9.46 Å². The fraction of sp³-hybridized carbons (Fsp3) is 0.182. The van der Waals surface area contributed by atoms with E-state index in [2.05, 4.69) is 9.71 Å². The van der Waals surface area contributed by atoms with Gasteiger partial charge in [0.15, 0.2) is 0 Å². The smallest absolute Gasteiger partial charge is 0.417 e. The molecular weight excluding hydrogens is 551 g/mol. The molecule has 1 unspecified atom stereocenters. The van der Waals surface area contributed by atoms with Gasteiger partial charge in [-0.2, -0.15) is 17.9 Å². The highest BCUT2D eigenvalue weighted by atomic mass is 35.5. The number of benzene rings is 2. The van der Waals surface area contributed by atoms with E-state index in [4.69, 9.17) is 32.7 Å². The molecule has 0 fully saturated rings. The number of methoxy groups -OCH3 is 2. The van der Waals surface area contributed by atoms with Crippen molar-refractivity contribution >= 4 is 39.0 Å². The van der Waals surface area contributed by atoms with Crippen molar-refractivity contribution in [2.75, 3.05) is 14.2 Å². The molecule has 0 aliphatic rings. The second kappa shape index (κ2) is 10.7. The van der Waals surface area contributed by atoms with E-state index >= 15 is 0 Å². The van der Waals surface area contributed by atoms with E-state index in [-0.39, 0.29) is 16.3 Å². The Hall–Kier alpha value is -2.77. The molecule has 0 radical (unpaired) electrons. The second-order valence-corrected chi connectivity index (χ2v) is 9.67. The van der Waals surface area contributed by atoms with Gasteiger partial charge >= 0.3 is 6.18 Å². The number of carbonyl (C=O) groups excluding carboxylic acids is 1. The first-order chi connectivity index (χ1) is 16.8. The molecule has 192 valence electrons. The summed E-state index contributed by atoms with van der Waals surface area (Å²) in [4.78, 5) is 16.4. The Kier molecular flexibility index (Phi) is 8.26. The Morgan fingerprint density at radius 3 is 2.42 bits per heavy atom. The van der Waals surface area contributed by atoms with Crippen LogP contribution in [0.5, 0.6) is 5.75 Å². The van der Waals surface area contributed by atoms with E-state index in [0.717, 1.165) is 37.6 Å². The van der Waals surface area contributed by atoms with Crippen molar-refractivity contribution in [2.45, 2.75) is 17.3 Å². The Labute approximate surface area is 213 Å². The van der Waals surface area contributed by atoms with Crippen LogP contribution in [0.15, 0.2) is 53.6 Å². The summed E-state index contributed by atoms with van der Waals surface area (Å²) in [5, 5.41) is -0.732. The standard InChI is InChI=1S/C22H16Cl2F4N2O5S/c1-34-17-5-3-4-16(25)18(17)20(31)19-13(8-11(23)10-29-19)21(35-2)30-36(32,33)12-6-7-15(24)14(9-12)22(26,27)28/h3-10,21,30H,1-2H3. The lowest BCUT2D eigenvalue weighted by molar-refractivity contribution is -0.137. The molecule has 0 saturated carbocycles. The highest BCUT2D eigenvalue weighted by Gasteiger charge is 2.35. The molecule has 1 atom stereocenters. The van der Waals surface area contributed by atoms with Crippen molar-refractivity contribution in [3.8, 4) is 5.75 Å².